The second kappa shape index (κ2) is 10.3. The Balaban J connectivity index is 1.59. The van der Waals surface area contributed by atoms with Crippen LogP contribution in [0.25, 0.3) is 0 Å². The maximum Gasteiger partial charge on any atom is 0.180 e. The average molecular weight is 526 g/mol. The highest BCUT2D eigenvalue weighted by atomic mass is 35.5. The summed E-state index contributed by atoms with van der Waals surface area (Å²) in [6.07, 6.45) is 4.33. The van der Waals surface area contributed by atoms with Gasteiger partial charge in [0.15, 0.2) is 23.1 Å². The molecular formula is C29H29Cl2NO4. The van der Waals surface area contributed by atoms with Crippen molar-refractivity contribution in [1.82, 2.24) is 4.90 Å². The Morgan fingerprint density at radius 3 is 2.08 bits per heavy atom. The number of hydrogen-bond donors (Lipinski definition) is 0. The van der Waals surface area contributed by atoms with Crippen LogP contribution in [-0.2, 0) is 16.2 Å². The first-order valence-corrected chi connectivity index (χ1v) is 13.2. The molecule has 1 heterocycles. The van der Waals surface area contributed by atoms with Crippen molar-refractivity contribution in [3.05, 3.63) is 80.1 Å². The van der Waals surface area contributed by atoms with Crippen LogP contribution < -0.4 is 9.47 Å². The number of Topliss-reactive ketones (excluding diaryl/α,β-unsaturated/α-hetero) is 2. The van der Waals surface area contributed by atoms with E-state index in [-0.39, 0.29) is 11.6 Å². The van der Waals surface area contributed by atoms with Crippen LogP contribution >= 0.6 is 23.2 Å². The highest BCUT2D eigenvalue weighted by Crippen LogP contribution is 2.51. The van der Waals surface area contributed by atoms with E-state index < -0.39 is 5.92 Å². The van der Waals surface area contributed by atoms with E-state index >= 15 is 0 Å². The standard InChI is InChI=1S/C29H29Cl2NO4/c1-3-32-21-6-4-8-23(33)27(21)26(28-22(32)7-5-9-24(28)34)18-14-20(31)29(25(15-18)35-2)36-16-17-10-12-19(30)13-11-17/h10-15,26H,3-9,16H2,1-2H3. The number of allylic oxidation sites excluding steroid dienone is 4. The van der Waals surface area contributed by atoms with E-state index in [4.69, 9.17) is 32.7 Å². The smallest absolute Gasteiger partial charge is 0.180 e. The van der Waals surface area contributed by atoms with Crippen LogP contribution in [0.2, 0.25) is 10.0 Å². The van der Waals surface area contributed by atoms with Crippen molar-refractivity contribution in [2.24, 2.45) is 0 Å². The number of halogens is 2. The molecule has 0 N–H and O–H groups in total. The largest absolute Gasteiger partial charge is 0.493 e. The van der Waals surface area contributed by atoms with Gasteiger partial charge in [-0.15, -0.1) is 0 Å². The summed E-state index contributed by atoms with van der Waals surface area (Å²) in [6.45, 7) is 3.12. The maximum atomic E-state index is 13.3. The molecule has 0 aromatic heterocycles. The summed E-state index contributed by atoms with van der Waals surface area (Å²) in [5.74, 6) is 0.693. The normalized spacial score (nSPS) is 18.4. The predicted octanol–water partition coefficient (Wildman–Crippen LogP) is 7.01. The minimum absolute atomic E-state index is 0.114. The van der Waals surface area contributed by atoms with Crippen molar-refractivity contribution < 1.29 is 19.1 Å². The van der Waals surface area contributed by atoms with Gasteiger partial charge in [-0.2, -0.15) is 0 Å². The Morgan fingerprint density at radius 2 is 1.53 bits per heavy atom. The summed E-state index contributed by atoms with van der Waals surface area (Å²) in [4.78, 5) is 28.9. The lowest BCUT2D eigenvalue weighted by molar-refractivity contribution is -0.117. The van der Waals surface area contributed by atoms with Crippen LogP contribution in [0.5, 0.6) is 11.5 Å². The van der Waals surface area contributed by atoms with Gasteiger partial charge in [-0.05, 0) is 68.0 Å². The zero-order valence-corrected chi connectivity index (χ0v) is 22.0. The number of methoxy groups -OCH3 is 1. The molecule has 0 radical (unpaired) electrons. The monoisotopic (exact) mass is 525 g/mol. The lowest BCUT2D eigenvalue weighted by Crippen LogP contribution is -2.39. The summed E-state index contributed by atoms with van der Waals surface area (Å²) in [6, 6.07) is 11.1. The molecule has 5 nitrogen and oxygen atoms in total. The highest BCUT2D eigenvalue weighted by Gasteiger charge is 2.43. The van der Waals surface area contributed by atoms with Gasteiger partial charge >= 0.3 is 0 Å². The molecule has 7 heteroatoms. The number of ketones is 2. The van der Waals surface area contributed by atoms with E-state index in [2.05, 4.69) is 11.8 Å². The molecule has 0 atom stereocenters. The molecule has 2 aromatic rings. The number of benzene rings is 2. The molecule has 188 valence electrons. The lowest BCUT2D eigenvalue weighted by Gasteiger charge is -2.43. The van der Waals surface area contributed by atoms with E-state index in [9.17, 15) is 9.59 Å². The fourth-order valence-corrected chi connectivity index (χ4v) is 6.11. The number of carbonyl (C=O) groups is 2. The topological polar surface area (TPSA) is 55.8 Å². The van der Waals surface area contributed by atoms with Crippen LogP contribution in [0.4, 0.5) is 0 Å². The van der Waals surface area contributed by atoms with Gasteiger partial charge in [0.2, 0.25) is 0 Å². The fourth-order valence-electron chi connectivity index (χ4n) is 5.71. The second-order valence-electron chi connectivity index (χ2n) is 9.40. The Hall–Kier alpha value is -2.76. The number of rotatable bonds is 6. The summed E-state index contributed by atoms with van der Waals surface area (Å²) in [7, 11) is 1.57. The zero-order chi connectivity index (χ0) is 25.4. The van der Waals surface area contributed by atoms with E-state index in [1.165, 1.54) is 0 Å². The van der Waals surface area contributed by atoms with Crippen molar-refractivity contribution in [1.29, 1.82) is 0 Å². The number of carbonyl (C=O) groups excluding carboxylic acids is 2. The zero-order valence-electron chi connectivity index (χ0n) is 20.5. The maximum absolute atomic E-state index is 13.3. The van der Waals surface area contributed by atoms with E-state index in [1.54, 1.807) is 7.11 Å². The van der Waals surface area contributed by atoms with E-state index in [1.807, 2.05) is 36.4 Å². The first kappa shape index (κ1) is 24.9. The first-order chi connectivity index (χ1) is 17.4. The van der Waals surface area contributed by atoms with Gasteiger partial charge in [-0.1, -0.05) is 35.3 Å². The summed E-state index contributed by atoms with van der Waals surface area (Å²) < 4.78 is 11.7. The van der Waals surface area contributed by atoms with Gasteiger partial charge in [0.25, 0.3) is 0 Å². The molecule has 0 unspecified atom stereocenters. The third-order valence-electron chi connectivity index (χ3n) is 7.28. The molecule has 36 heavy (non-hydrogen) atoms. The van der Waals surface area contributed by atoms with Crippen LogP contribution in [0.3, 0.4) is 0 Å². The minimum Gasteiger partial charge on any atom is -0.493 e. The molecule has 0 saturated heterocycles. The molecule has 1 aliphatic heterocycles. The molecule has 0 spiro atoms. The Bertz CT molecular complexity index is 1230. The summed E-state index contributed by atoms with van der Waals surface area (Å²) in [5, 5.41) is 1.04. The van der Waals surface area contributed by atoms with Crippen LogP contribution in [0.1, 0.15) is 62.5 Å². The van der Waals surface area contributed by atoms with Crippen LogP contribution in [0.15, 0.2) is 58.9 Å². The molecule has 3 aliphatic rings. The van der Waals surface area contributed by atoms with Crippen LogP contribution in [0, 0.1) is 0 Å². The quantitative estimate of drug-likeness (QED) is 0.405. The van der Waals surface area contributed by atoms with Crippen molar-refractivity contribution in [3.8, 4) is 11.5 Å². The van der Waals surface area contributed by atoms with Gasteiger partial charge in [0.05, 0.1) is 12.1 Å². The van der Waals surface area contributed by atoms with Gasteiger partial charge in [0.1, 0.15) is 6.61 Å². The molecule has 0 saturated carbocycles. The van der Waals surface area contributed by atoms with Gasteiger partial charge in [-0.25, -0.2) is 0 Å². The summed E-state index contributed by atoms with van der Waals surface area (Å²) >= 11 is 12.8. The number of nitrogens with zero attached hydrogens (tertiary/aromatic N) is 1. The fraction of sp³-hybridized carbons (Fsp3) is 0.379. The Morgan fingerprint density at radius 1 is 0.917 bits per heavy atom. The van der Waals surface area contributed by atoms with E-state index in [0.717, 1.165) is 65.9 Å². The highest BCUT2D eigenvalue weighted by molar-refractivity contribution is 6.32. The average Bonchev–Trinajstić information content (AvgIpc) is 2.87. The molecule has 0 amide bonds. The number of hydrogen-bond acceptors (Lipinski definition) is 5. The molecule has 0 fully saturated rings. The molecule has 5 rings (SSSR count). The molecule has 2 aromatic carbocycles. The van der Waals surface area contributed by atoms with Crippen molar-refractivity contribution in [2.75, 3.05) is 13.7 Å². The SMILES string of the molecule is CCN1C2=C(C(=O)CCC2)C(c2cc(Cl)c(OCc3ccc(Cl)cc3)c(OC)c2)C2=C1CCCC2=O. The van der Waals surface area contributed by atoms with Gasteiger partial charge < -0.3 is 14.4 Å². The van der Waals surface area contributed by atoms with Crippen molar-refractivity contribution in [2.45, 2.75) is 58.0 Å². The van der Waals surface area contributed by atoms with E-state index in [0.29, 0.717) is 41.0 Å². The third kappa shape index (κ3) is 4.44. The Labute approximate surface area is 221 Å². The lowest BCUT2D eigenvalue weighted by atomic mass is 9.71. The first-order valence-electron chi connectivity index (χ1n) is 12.5. The third-order valence-corrected chi connectivity index (χ3v) is 7.82. The summed E-state index contributed by atoms with van der Waals surface area (Å²) in [5.41, 5.74) is 5.33. The van der Waals surface area contributed by atoms with Crippen LogP contribution in [-0.4, -0.2) is 30.1 Å². The molecular weight excluding hydrogens is 497 g/mol. The number of ether oxygens (including phenoxy) is 2. The minimum atomic E-state index is -0.435. The molecule has 0 bridgehead atoms. The molecule has 2 aliphatic carbocycles. The van der Waals surface area contributed by atoms with Gasteiger partial charge in [0, 0.05) is 52.9 Å². The van der Waals surface area contributed by atoms with Crippen molar-refractivity contribution in [3.63, 3.8) is 0 Å². The van der Waals surface area contributed by atoms with Crippen molar-refractivity contribution >= 4 is 34.8 Å². The second-order valence-corrected chi connectivity index (χ2v) is 10.2. The predicted molar refractivity (Wildman–Crippen MR) is 141 cm³/mol. The Kier molecular flexibility index (Phi) is 7.14. The van der Waals surface area contributed by atoms with Gasteiger partial charge in [-0.3, -0.25) is 9.59 Å².